The Hall–Kier alpha value is -0.810. The van der Waals surface area contributed by atoms with E-state index in [1.807, 2.05) is 0 Å². The first-order valence-electron chi connectivity index (χ1n) is 4.49. The summed E-state index contributed by atoms with van der Waals surface area (Å²) in [6.45, 7) is 4.25. The second-order valence-electron chi connectivity index (χ2n) is 2.83. The zero-order valence-electron chi connectivity index (χ0n) is 8.48. The number of hydrogen-bond donors (Lipinski definition) is 0. The number of hydrogen-bond acceptors (Lipinski definition) is 0. The van der Waals surface area contributed by atoms with Crippen molar-refractivity contribution in [3.63, 3.8) is 0 Å². The molecule has 0 spiro atoms. The van der Waals surface area contributed by atoms with Crippen LogP contribution >= 0.6 is 15.9 Å². The lowest BCUT2D eigenvalue weighted by Gasteiger charge is -1.96. The predicted molar refractivity (Wildman–Crippen MR) is 62.9 cm³/mol. The molecule has 0 saturated carbocycles. The van der Waals surface area contributed by atoms with Crippen LogP contribution in [0.4, 0.5) is 4.39 Å². The average Bonchev–Trinajstić information content (AvgIpc) is 2.18. The zero-order chi connectivity index (χ0) is 11.0. The van der Waals surface area contributed by atoms with Gasteiger partial charge in [-0.1, -0.05) is 42.1 Å². The fourth-order valence-corrected chi connectivity index (χ4v) is 1.13. The molecule has 0 unspecified atom stereocenters. The Labute approximate surface area is 93.7 Å². The maximum absolute atomic E-state index is 12.7. The lowest BCUT2D eigenvalue weighted by molar-refractivity contribution is 0.626. The van der Waals surface area contributed by atoms with Crippen LogP contribution in [0.25, 0.3) is 0 Å². The highest BCUT2D eigenvalue weighted by atomic mass is 79.9. The van der Waals surface area contributed by atoms with Crippen LogP contribution < -0.4 is 0 Å². The van der Waals surface area contributed by atoms with Crippen molar-refractivity contribution >= 4 is 15.9 Å². The summed E-state index contributed by atoms with van der Waals surface area (Å²) < 4.78 is 12.7. The van der Waals surface area contributed by atoms with Crippen molar-refractivity contribution in [3.8, 4) is 12.3 Å². The summed E-state index contributed by atoms with van der Waals surface area (Å²) in [7, 11) is 0. The first-order chi connectivity index (χ1) is 6.67. The molecule has 14 heavy (non-hydrogen) atoms. The average molecular weight is 257 g/mol. The van der Waals surface area contributed by atoms with E-state index in [0.29, 0.717) is 10.9 Å². The molecule has 1 aromatic carbocycles. The minimum atomic E-state index is -0.282. The summed E-state index contributed by atoms with van der Waals surface area (Å²) in [5.41, 5.74) is 1.44. The smallest absolute Gasteiger partial charge is 0.124 e. The molecule has 76 valence electrons. The van der Waals surface area contributed by atoms with Crippen LogP contribution in [0.1, 0.15) is 31.4 Å². The van der Waals surface area contributed by atoms with E-state index < -0.39 is 0 Å². The Balaban J connectivity index is 0.000000500. The van der Waals surface area contributed by atoms with Crippen molar-refractivity contribution in [1.29, 1.82) is 0 Å². The Bertz CT molecular complexity index is 313. The Kier molecular flexibility index (Phi) is 7.14. The second kappa shape index (κ2) is 7.58. The molecule has 0 aromatic heterocycles. The van der Waals surface area contributed by atoms with Crippen LogP contribution in [0.3, 0.4) is 0 Å². The van der Waals surface area contributed by atoms with E-state index in [1.165, 1.54) is 18.6 Å². The molecule has 0 saturated heterocycles. The standard InChI is InChI=1S/C9H6BrF.C3H8/c1-2-7-3-8(6-10)5-9(11)4-7;1-3-2/h1,3-5H,6H2;3H2,1-2H3. The fourth-order valence-electron chi connectivity index (χ4n) is 0.811. The largest absolute Gasteiger partial charge is 0.207 e. The van der Waals surface area contributed by atoms with Gasteiger partial charge in [0, 0.05) is 10.9 Å². The van der Waals surface area contributed by atoms with Gasteiger partial charge in [0.2, 0.25) is 0 Å². The van der Waals surface area contributed by atoms with Gasteiger partial charge in [-0.3, -0.25) is 0 Å². The highest BCUT2D eigenvalue weighted by Gasteiger charge is 1.96. The number of terminal acetylenes is 1. The monoisotopic (exact) mass is 256 g/mol. The summed E-state index contributed by atoms with van der Waals surface area (Å²) in [5, 5.41) is 0.624. The lowest BCUT2D eigenvalue weighted by Crippen LogP contribution is -1.83. The van der Waals surface area contributed by atoms with Gasteiger partial charge in [-0.25, -0.2) is 4.39 Å². The van der Waals surface area contributed by atoms with Gasteiger partial charge in [0.05, 0.1) is 0 Å². The molecule has 0 nitrogen and oxygen atoms in total. The molecule has 0 aliphatic heterocycles. The summed E-state index contributed by atoms with van der Waals surface area (Å²) in [4.78, 5) is 0. The quantitative estimate of drug-likeness (QED) is 0.524. The lowest BCUT2D eigenvalue weighted by atomic mass is 10.1. The molecule has 1 aromatic rings. The maximum atomic E-state index is 12.7. The number of alkyl halides is 1. The molecule has 0 aliphatic rings. The van der Waals surface area contributed by atoms with Crippen LogP contribution in [0.5, 0.6) is 0 Å². The van der Waals surface area contributed by atoms with Crippen LogP contribution in [-0.2, 0) is 5.33 Å². The van der Waals surface area contributed by atoms with Crippen molar-refractivity contribution in [2.75, 3.05) is 0 Å². The molecule has 0 N–H and O–H groups in total. The highest BCUT2D eigenvalue weighted by Crippen LogP contribution is 2.10. The Morgan fingerprint density at radius 1 is 1.36 bits per heavy atom. The van der Waals surface area contributed by atoms with Gasteiger partial charge >= 0.3 is 0 Å². The summed E-state index contributed by atoms with van der Waals surface area (Å²) in [5.74, 6) is 2.10. The van der Waals surface area contributed by atoms with Gasteiger partial charge in [0.25, 0.3) is 0 Å². The fraction of sp³-hybridized carbons (Fsp3) is 0.333. The van der Waals surface area contributed by atoms with Gasteiger partial charge in [0.1, 0.15) is 5.82 Å². The molecule has 2 heteroatoms. The van der Waals surface area contributed by atoms with Crippen molar-refractivity contribution in [1.82, 2.24) is 0 Å². The minimum Gasteiger partial charge on any atom is -0.207 e. The molecule has 0 fully saturated rings. The van der Waals surface area contributed by atoms with Gasteiger partial charge in [0.15, 0.2) is 0 Å². The zero-order valence-corrected chi connectivity index (χ0v) is 10.1. The first-order valence-corrected chi connectivity index (χ1v) is 5.62. The molecule has 0 aliphatic carbocycles. The molecule has 0 heterocycles. The number of halogens is 2. The van der Waals surface area contributed by atoms with Crippen molar-refractivity contribution in [3.05, 3.63) is 35.1 Å². The molecule has 1 rings (SSSR count). The molecule has 0 amide bonds. The molecule has 0 bridgehead atoms. The van der Waals surface area contributed by atoms with Crippen LogP contribution in [0.15, 0.2) is 18.2 Å². The Morgan fingerprint density at radius 3 is 2.36 bits per heavy atom. The van der Waals surface area contributed by atoms with Crippen molar-refractivity contribution in [2.24, 2.45) is 0 Å². The second-order valence-corrected chi connectivity index (χ2v) is 3.39. The van der Waals surface area contributed by atoms with Crippen LogP contribution in [0.2, 0.25) is 0 Å². The highest BCUT2D eigenvalue weighted by molar-refractivity contribution is 9.08. The van der Waals surface area contributed by atoms with Gasteiger partial charge in [-0.2, -0.15) is 0 Å². The van der Waals surface area contributed by atoms with Gasteiger partial charge in [-0.15, -0.1) is 6.42 Å². The first kappa shape index (κ1) is 13.2. The molecular weight excluding hydrogens is 243 g/mol. The number of rotatable bonds is 1. The van der Waals surface area contributed by atoms with E-state index in [9.17, 15) is 4.39 Å². The van der Waals surface area contributed by atoms with E-state index >= 15 is 0 Å². The predicted octanol–water partition coefficient (Wildman–Crippen LogP) is 4.12. The summed E-state index contributed by atoms with van der Waals surface area (Å²) >= 11 is 3.22. The van der Waals surface area contributed by atoms with E-state index in [-0.39, 0.29) is 5.82 Å². The van der Waals surface area contributed by atoms with Gasteiger partial charge in [-0.05, 0) is 23.8 Å². The van der Waals surface area contributed by atoms with Gasteiger partial charge < -0.3 is 0 Å². The topological polar surface area (TPSA) is 0 Å². The third kappa shape index (κ3) is 5.04. The molecule has 0 atom stereocenters. The third-order valence-electron chi connectivity index (χ3n) is 1.28. The van der Waals surface area contributed by atoms with E-state index in [4.69, 9.17) is 6.42 Å². The normalized spacial score (nSPS) is 8.50. The van der Waals surface area contributed by atoms with Crippen molar-refractivity contribution in [2.45, 2.75) is 25.6 Å². The molecule has 0 radical (unpaired) electrons. The Morgan fingerprint density at radius 2 is 1.93 bits per heavy atom. The van der Waals surface area contributed by atoms with E-state index in [2.05, 4.69) is 35.7 Å². The van der Waals surface area contributed by atoms with Crippen LogP contribution in [-0.4, -0.2) is 0 Å². The molecular formula is C12H14BrF. The number of benzene rings is 1. The van der Waals surface area contributed by atoms with Crippen LogP contribution in [0, 0.1) is 18.2 Å². The SMILES string of the molecule is C#Cc1cc(F)cc(CBr)c1.CCC. The summed E-state index contributed by atoms with van der Waals surface area (Å²) in [6, 6.07) is 4.57. The summed E-state index contributed by atoms with van der Waals surface area (Å²) in [6.07, 6.45) is 6.36. The third-order valence-corrected chi connectivity index (χ3v) is 1.93. The van der Waals surface area contributed by atoms with Crippen molar-refractivity contribution < 1.29 is 4.39 Å². The minimum absolute atomic E-state index is 0.282. The maximum Gasteiger partial charge on any atom is 0.124 e. The van der Waals surface area contributed by atoms with E-state index in [0.717, 1.165) is 5.56 Å². The van der Waals surface area contributed by atoms with E-state index in [1.54, 1.807) is 6.07 Å².